The van der Waals surface area contributed by atoms with Crippen molar-refractivity contribution in [2.45, 2.75) is 39.2 Å². The second-order valence-electron chi connectivity index (χ2n) is 8.05. The lowest BCUT2D eigenvalue weighted by Gasteiger charge is -2.12. The molecule has 0 fully saturated rings. The molecule has 0 saturated heterocycles. The third-order valence-electron chi connectivity index (χ3n) is 5.80. The molecule has 0 unspecified atom stereocenters. The molecule has 1 N–H and O–H groups in total. The summed E-state index contributed by atoms with van der Waals surface area (Å²) in [5, 5.41) is 11.8. The van der Waals surface area contributed by atoms with E-state index in [0.29, 0.717) is 11.4 Å². The summed E-state index contributed by atoms with van der Waals surface area (Å²) in [5.41, 5.74) is 3.98. The molecule has 1 aliphatic rings. The SMILES string of the molecule is Cc1ccc(-c2nnc3n2CCCCC3)cc1NC(=O)c1cnc(-c2ccccc2)nc1. The van der Waals surface area contributed by atoms with Crippen molar-refractivity contribution in [1.29, 1.82) is 0 Å². The van der Waals surface area contributed by atoms with Gasteiger partial charge in [0.2, 0.25) is 0 Å². The quantitative estimate of drug-likeness (QED) is 0.514. The average molecular weight is 425 g/mol. The second-order valence-corrected chi connectivity index (χ2v) is 8.05. The zero-order valence-electron chi connectivity index (χ0n) is 18.0. The molecule has 7 heteroatoms. The van der Waals surface area contributed by atoms with Crippen LogP contribution in [-0.4, -0.2) is 30.6 Å². The number of amides is 1. The van der Waals surface area contributed by atoms with Crippen LogP contribution in [0.25, 0.3) is 22.8 Å². The van der Waals surface area contributed by atoms with Crippen molar-refractivity contribution in [1.82, 2.24) is 24.7 Å². The van der Waals surface area contributed by atoms with Crippen molar-refractivity contribution in [3.8, 4) is 22.8 Å². The van der Waals surface area contributed by atoms with Crippen LogP contribution in [0.2, 0.25) is 0 Å². The lowest BCUT2D eigenvalue weighted by molar-refractivity contribution is 0.102. The van der Waals surface area contributed by atoms with Crippen LogP contribution in [0, 0.1) is 6.92 Å². The monoisotopic (exact) mass is 424 g/mol. The maximum Gasteiger partial charge on any atom is 0.258 e. The average Bonchev–Trinajstić information content (AvgIpc) is 3.09. The molecule has 160 valence electrons. The predicted octanol–water partition coefficient (Wildman–Crippen LogP) is 4.69. The van der Waals surface area contributed by atoms with Gasteiger partial charge in [0, 0.05) is 42.2 Å². The molecule has 2 aromatic heterocycles. The van der Waals surface area contributed by atoms with E-state index in [-0.39, 0.29) is 5.91 Å². The Bertz CT molecular complexity index is 1250. The number of fused-ring (bicyclic) bond motifs is 1. The first-order chi connectivity index (χ1) is 15.7. The van der Waals surface area contributed by atoms with E-state index in [1.165, 1.54) is 6.42 Å². The van der Waals surface area contributed by atoms with E-state index in [4.69, 9.17) is 0 Å². The van der Waals surface area contributed by atoms with Crippen LogP contribution in [0.5, 0.6) is 0 Å². The van der Waals surface area contributed by atoms with E-state index >= 15 is 0 Å². The smallest absolute Gasteiger partial charge is 0.258 e. The summed E-state index contributed by atoms with van der Waals surface area (Å²) in [5.74, 6) is 2.24. The topological polar surface area (TPSA) is 85.6 Å². The second kappa shape index (κ2) is 8.70. The molecule has 5 rings (SSSR count). The third-order valence-corrected chi connectivity index (χ3v) is 5.80. The Morgan fingerprint density at radius 3 is 2.56 bits per heavy atom. The number of hydrogen-bond donors (Lipinski definition) is 1. The van der Waals surface area contributed by atoms with E-state index in [0.717, 1.165) is 59.8 Å². The molecule has 1 aliphatic heterocycles. The minimum absolute atomic E-state index is 0.245. The highest BCUT2D eigenvalue weighted by Crippen LogP contribution is 2.27. The van der Waals surface area contributed by atoms with Gasteiger partial charge in [-0.2, -0.15) is 0 Å². The number of carbonyl (C=O) groups excluding carboxylic acids is 1. The maximum absolute atomic E-state index is 12.9. The number of rotatable bonds is 4. The molecule has 0 bridgehead atoms. The van der Waals surface area contributed by atoms with Gasteiger partial charge in [-0.15, -0.1) is 10.2 Å². The number of aryl methyl sites for hydroxylation is 2. The summed E-state index contributed by atoms with van der Waals surface area (Å²) in [7, 11) is 0. The molecule has 4 aromatic rings. The first-order valence-electron chi connectivity index (χ1n) is 10.9. The Kier molecular flexibility index (Phi) is 5.46. The molecule has 0 aliphatic carbocycles. The van der Waals surface area contributed by atoms with Crippen molar-refractivity contribution in [2.75, 3.05) is 5.32 Å². The van der Waals surface area contributed by atoms with Crippen molar-refractivity contribution in [3.63, 3.8) is 0 Å². The molecular weight excluding hydrogens is 400 g/mol. The first kappa shape index (κ1) is 20.1. The zero-order chi connectivity index (χ0) is 21.9. The summed E-state index contributed by atoms with van der Waals surface area (Å²) in [6.07, 6.45) is 7.57. The number of carbonyl (C=O) groups is 1. The lowest BCUT2D eigenvalue weighted by atomic mass is 10.1. The van der Waals surface area contributed by atoms with E-state index in [9.17, 15) is 4.79 Å². The molecule has 0 saturated carbocycles. The number of nitrogens with zero attached hydrogens (tertiary/aromatic N) is 5. The van der Waals surface area contributed by atoms with Crippen LogP contribution in [0.3, 0.4) is 0 Å². The molecule has 0 atom stereocenters. The van der Waals surface area contributed by atoms with Crippen molar-refractivity contribution in [2.24, 2.45) is 0 Å². The van der Waals surface area contributed by atoms with Gasteiger partial charge in [-0.25, -0.2) is 9.97 Å². The summed E-state index contributed by atoms with van der Waals surface area (Å²) < 4.78 is 2.21. The molecule has 2 aromatic carbocycles. The fraction of sp³-hybridized carbons (Fsp3) is 0.240. The van der Waals surface area contributed by atoms with E-state index in [1.807, 2.05) is 55.5 Å². The minimum Gasteiger partial charge on any atom is -0.322 e. The van der Waals surface area contributed by atoms with Crippen LogP contribution in [0.15, 0.2) is 60.9 Å². The summed E-state index contributed by atoms with van der Waals surface area (Å²) >= 11 is 0. The predicted molar refractivity (Wildman–Crippen MR) is 123 cm³/mol. The van der Waals surface area contributed by atoms with Gasteiger partial charge in [0.15, 0.2) is 11.6 Å². The Morgan fingerprint density at radius 1 is 0.938 bits per heavy atom. The fourth-order valence-electron chi connectivity index (χ4n) is 3.97. The number of anilines is 1. The highest BCUT2D eigenvalue weighted by atomic mass is 16.1. The largest absolute Gasteiger partial charge is 0.322 e. The lowest BCUT2D eigenvalue weighted by Crippen LogP contribution is -2.14. The maximum atomic E-state index is 12.9. The Balaban J connectivity index is 1.38. The summed E-state index contributed by atoms with van der Waals surface area (Å²) in [6.45, 7) is 2.90. The van der Waals surface area contributed by atoms with E-state index in [2.05, 4.69) is 30.0 Å². The number of nitrogens with one attached hydrogen (secondary N) is 1. The van der Waals surface area contributed by atoms with E-state index < -0.39 is 0 Å². The van der Waals surface area contributed by atoms with Crippen LogP contribution in [0.1, 0.15) is 41.0 Å². The molecule has 7 nitrogen and oxygen atoms in total. The van der Waals surface area contributed by atoms with Gasteiger partial charge < -0.3 is 9.88 Å². The van der Waals surface area contributed by atoms with Crippen molar-refractivity contribution in [3.05, 3.63) is 77.9 Å². The van der Waals surface area contributed by atoms with Crippen LogP contribution >= 0.6 is 0 Å². The number of hydrogen-bond acceptors (Lipinski definition) is 5. The van der Waals surface area contributed by atoms with Gasteiger partial charge in [-0.3, -0.25) is 4.79 Å². The van der Waals surface area contributed by atoms with Crippen LogP contribution in [-0.2, 0) is 13.0 Å². The minimum atomic E-state index is -0.245. The van der Waals surface area contributed by atoms with Crippen LogP contribution < -0.4 is 5.32 Å². The molecule has 0 spiro atoms. The third kappa shape index (κ3) is 4.01. The molecular formula is C25H24N6O. The Labute approximate surface area is 186 Å². The molecule has 1 amide bonds. The van der Waals surface area contributed by atoms with Crippen molar-refractivity contribution >= 4 is 11.6 Å². The standard InChI is InChI=1S/C25H24N6O/c1-17-11-12-19(24-30-29-22-10-6-3-7-13-31(22)24)14-21(17)28-25(32)20-15-26-23(27-16-20)18-8-4-2-5-9-18/h2,4-5,8-9,11-12,14-16H,3,6-7,10,13H2,1H3,(H,28,32). The number of aromatic nitrogens is 5. The highest BCUT2D eigenvalue weighted by Gasteiger charge is 2.17. The Morgan fingerprint density at radius 2 is 1.75 bits per heavy atom. The van der Waals surface area contributed by atoms with Gasteiger partial charge in [0.25, 0.3) is 5.91 Å². The summed E-state index contributed by atoms with van der Waals surface area (Å²) in [6, 6.07) is 15.7. The van der Waals surface area contributed by atoms with Gasteiger partial charge in [0.1, 0.15) is 5.82 Å². The fourth-order valence-corrected chi connectivity index (χ4v) is 3.97. The zero-order valence-corrected chi connectivity index (χ0v) is 18.0. The van der Waals surface area contributed by atoms with Gasteiger partial charge in [0.05, 0.1) is 5.56 Å². The van der Waals surface area contributed by atoms with Crippen LogP contribution in [0.4, 0.5) is 5.69 Å². The first-order valence-corrected chi connectivity index (χ1v) is 10.9. The van der Waals surface area contributed by atoms with Gasteiger partial charge >= 0.3 is 0 Å². The Hall–Kier alpha value is -3.87. The van der Waals surface area contributed by atoms with Gasteiger partial charge in [-0.05, 0) is 31.4 Å². The molecule has 3 heterocycles. The van der Waals surface area contributed by atoms with E-state index in [1.54, 1.807) is 12.4 Å². The highest BCUT2D eigenvalue weighted by molar-refractivity contribution is 6.04. The summed E-state index contributed by atoms with van der Waals surface area (Å²) in [4.78, 5) is 21.6. The van der Waals surface area contributed by atoms with Crippen molar-refractivity contribution < 1.29 is 4.79 Å². The normalized spacial score (nSPS) is 13.3. The molecule has 32 heavy (non-hydrogen) atoms. The molecule has 0 radical (unpaired) electrons. The van der Waals surface area contributed by atoms with Gasteiger partial charge in [-0.1, -0.05) is 48.9 Å². The number of benzene rings is 2.